The van der Waals surface area contributed by atoms with Crippen LogP contribution in [0.1, 0.15) is 10.4 Å². The summed E-state index contributed by atoms with van der Waals surface area (Å²) in [6, 6.07) is 19.7. The van der Waals surface area contributed by atoms with Gasteiger partial charge in [0.15, 0.2) is 0 Å². The lowest BCUT2D eigenvalue weighted by molar-refractivity contribution is 0.102. The zero-order chi connectivity index (χ0) is 20.1. The van der Waals surface area contributed by atoms with Crippen molar-refractivity contribution < 1.29 is 4.79 Å². The van der Waals surface area contributed by atoms with Crippen molar-refractivity contribution in [3.8, 4) is 11.3 Å². The van der Waals surface area contributed by atoms with Gasteiger partial charge in [-0.15, -0.1) is 0 Å². The first-order valence-corrected chi connectivity index (χ1v) is 9.23. The number of carbonyl (C=O) groups is 1. The number of carbonyl (C=O) groups excluding carboxylic acids is 1. The number of amides is 1. The normalized spacial score (nSPS) is 10.4. The smallest absolute Gasteiger partial charge is 0.255 e. The fourth-order valence-electron chi connectivity index (χ4n) is 2.66. The SMILES string of the molecule is O=C(Nc1ccc(Nc2nccc(-c3cccnc3)n2)cc1)c1ccc(Cl)cc1. The van der Waals surface area contributed by atoms with Crippen LogP contribution in [0.15, 0.2) is 85.3 Å². The van der Waals surface area contributed by atoms with Gasteiger partial charge in [0.1, 0.15) is 0 Å². The van der Waals surface area contributed by atoms with E-state index in [4.69, 9.17) is 11.6 Å². The highest BCUT2D eigenvalue weighted by Crippen LogP contribution is 2.20. The largest absolute Gasteiger partial charge is 0.324 e. The van der Waals surface area contributed by atoms with Crippen molar-refractivity contribution in [2.24, 2.45) is 0 Å². The molecule has 0 unspecified atom stereocenters. The molecule has 0 aliphatic rings. The minimum Gasteiger partial charge on any atom is -0.324 e. The summed E-state index contributed by atoms with van der Waals surface area (Å²) in [5.74, 6) is 0.277. The molecule has 4 rings (SSSR count). The number of halogens is 1. The van der Waals surface area contributed by atoms with E-state index >= 15 is 0 Å². The second kappa shape index (κ2) is 8.50. The number of pyridine rings is 1. The predicted molar refractivity (Wildman–Crippen MR) is 114 cm³/mol. The van der Waals surface area contributed by atoms with E-state index in [1.807, 2.05) is 30.3 Å². The first-order valence-electron chi connectivity index (χ1n) is 8.85. The van der Waals surface area contributed by atoms with Crippen molar-refractivity contribution in [1.82, 2.24) is 15.0 Å². The molecule has 6 nitrogen and oxygen atoms in total. The molecule has 1 amide bonds. The molecule has 0 bridgehead atoms. The second-order valence-electron chi connectivity index (χ2n) is 6.17. The Morgan fingerprint density at radius 3 is 2.34 bits per heavy atom. The number of anilines is 3. The first kappa shape index (κ1) is 18.6. The molecule has 0 fully saturated rings. The van der Waals surface area contributed by atoms with Crippen LogP contribution in [-0.2, 0) is 0 Å². The molecule has 142 valence electrons. The van der Waals surface area contributed by atoms with Crippen LogP contribution in [0.5, 0.6) is 0 Å². The molecular formula is C22H16ClN5O. The lowest BCUT2D eigenvalue weighted by atomic mass is 10.2. The Hall–Kier alpha value is -3.77. The van der Waals surface area contributed by atoms with Gasteiger partial charge in [-0.3, -0.25) is 9.78 Å². The third-order valence-corrected chi connectivity index (χ3v) is 4.37. The number of nitrogens with one attached hydrogen (secondary N) is 2. The van der Waals surface area contributed by atoms with Gasteiger partial charge in [0.05, 0.1) is 5.69 Å². The van der Waals surface area contributed by atoms with Gasteiger partial charge in [0.25, 0.3) is 5.91 Å². The predicted octanol–water partition coefficient (Wildman–Crippen LogP) is 5.19. The molecule has 29 heavy (non-hydrogen) atoms. The van der Waals surface area contributed by atoms with Crippen molar-refractivity contribution in [3.05, 3.63) is 95.9 Å². The highest BCUT2D eigenvalue weighted by atomic mass is 35.5. The van der Waals surface area contributed by atoms with E-state index in [9.17, 15) is 4.79 Å². The minimum absolute atomic E-state index is 0.199. The minimum atomic E-state index is -0.199. The maximum absolute atomic E-state index is 12.3. The molecule has 0 saturated carbocycles. The Labute approximate surface area is 172 Å². The average molecular weight is 402 g/mol. The summed E-state index contributed by atoms with van der Waals surface area (Å²) in [6.45, 7) is 0. The van der Waals surface area contributed by atoms with E-state index < -0.39 is 0 Å². The standard InChI is InChI=1S/C22H16ClN5O/c23-17-5-3-15(4-6-17)21(29)26-18-7-9-19(10-8-18)27-22-25-13-11-20(28-22)16-2-1-12-24-14-16/h1-14H,(H,26,29)(H,25,27,28). The second-order valence-corrected chi connectivity index (χ2v) is 6.61. The summed E-state index contributed by atoms with van der Waals surface area (Å²) >= 11 is 5.85. The maximum atomic E-state index is 12.3. The molecule has 0 spiro atoms. The third-order valence-electron chi connectivity index (χ3n) is 4.12. The van der Waals surface area contributed by atoms with Crippen LogP contribution in [0, 0.1) is 0 Å². The molecule has 2 aromatic carbocycles. The van der Waals surface area contributed by atoms with E-state index in [2.05, 4.69) is 25.6 Å². The number of aromatic nitrogens is 3. The molecule has 0 aliphatic carbocycles. The summed E-state index contributed by atoms with van der Waals surface area (Å²) in [7, 11) is 0. The summed E-state index contributed by atoms with van der Waals surface area (Å²) in [6.07, 6.45) is 5.17. The average Bonchev–Trinajstić information content (AvgIpc) is 2.76. The van der Waals surface area contributed by atoms with Crippen molar-refractivity contribution in [2.45, 2.75) is 0 Å². The molecule has 0 saturated heterocycles. The van der Waals surface area contributed by atoms with E-state index in [-0.39, 0.29) is 5.91 Å². The number of hydrogen-bond acceptors (Lipinski definition) is 5. The lowest BCUT2D eigenvalue weighted by Gasteiger charge is -2.09. The molecule has 4 aromatic rings. The van der Waals surface area contributed by atoms with Crippen LogP contribution in [0.4, 0.5) is 17.3 Å². The summed E-state index contributed by atoms with van der Waals surface area (Å²) < 4.78 is 0. The van der Waals surface area contributed by atoms with Crippen molar-refractivity contribution in [3.63, 3.8) is 0 Å². The van der Waals surface area contributed by atoms with Crippen LogP contribution >= 0.6 is 11.6 Å². The number of hydrogen-bond donors (Lipinski definition) is 2. The van der Waals surface area contributed by atoms with Crippen LogP contribution in [0.2, 0.25) is 5.02 Å². The Morgan fingerprint density at radius 2 is 1.62 bits per heavy atom. The van der Waals surface area contributed by atoms with E-state index in [1.54, 1.807) is 55.0 Å². The number of rotatable bonds is 5. The molecule has 7 heteroatoms. The fourth-order valence-corrected chi connectivity index (χ4v) is 2.79. The van der Waals surface area contributed by atoms with Crippen molar-refractivity contribution in [2.75, 3.05) is 10.6 Å². The molecule has 2 aromatic heterocycles. The van der Waals surface area contributed by atoms with Gasteiger partial charge in [0.2, 0.25) is 5.95 Å². The Bertz CT molecular complexity index is 1120. The quantitative estimate of drug-likeness (QED) is 0.481. The molecule has 2 N–H and O–H groups in total. The molecule has 0 atom stereocenters. The van der Waals surface area contributed by atoms with Crippen LogP contribution in [0.3, 0.4) is 0 Å². The van der Waals surface area contributed by atoms with Gasteiger partial charge in [0, 0.05) is 46.1 Å². The Balaban J connectivity index is 1.43. The topological polar surface area (TPSA) is 79.8 Å². The van der Waals surface area contributed by atoms with Crippen LogP contribution in [0.25, 0.3) is 11.3 Å². The van der Waals surface area contributed by atoms with Gasteiger partial charge in [-0.1, -0.05) is 11.6 Å². The zero-order valence-corrected chi connectivity index (χ0v) is 16.0. The van der Waals surface area contributed by atoms with Gasteiger partial charge in [-0.25, -0.2) is 9.97 Å². The van der Waals surface area contributed by atoms with Crippen molar-refractivity contribution in [1.29, 1.82) is 0 Å². The fraction of sp³-hybridized carbons (Fsp3) is 0. The van der Waals surface area contributed by atoms with E-state index in [0.717, 1.165) is 16.9 Å². The summed E-state index contributed by atoms with van der Waals surface area (Å²) in [5, 5.41) is 6.60. The zero-order valence-electron chi connectivity index (χ0n) is 15.2. The maximum Gasteiger partial charge on any atom is 0.255 e. The highest BCUT2D eigenvalue weighted by molar-refractivity contribution is 6.30. The summed E-state index contributed by atoms with van der Waals surface area (Å²) in [4.78, 5) is 25.2. The van der Waals surface area contributed by atoms with Crippen molar-refractivity contribution >= 4 is 34.8 Å². The van der Waals surface area contributed by atoms with Gasteiger partial charge >= 0.3 is 0 Å². The van der Waals surface area contributed by atoms with Gasteiger partial charge < -0.3 is 10.6 Å². The third kappa shape index (κ3) is 4.75. The van der Waals surface area contributed by atoms with Crippen LogP contribution in [-0.4, -0.2) is 20.9 Å². The monoisotopic (exact) mass is 401 g/mol. The first-order chi connectivity index (χ1) is 14.2. The van der Waals surface area contributed by atoms with E-state index in [0.29, 0.717) is 22.2 Å². The Kier molecular flexibility index (Phi) is 5.45. The molecule has 2 heterocycles. The number of benzene rings is 2. The Morgan fingerprint density at radius 1 is 0.862 bits per heavy atom. The summed E-state index contributed by atoms with van der Waals surface area (Å²) in [5.41, 5.74) is 3.72. The molecule has 0 aliphatic heterocycles. The molecule has 0 radical (unpaired) electrons. The number of nitrogens with zero attached hydrogens (tertiary/aromatic N) is 3. The highest BCUT2D eigenvalue weighted by Gasteiger charge is 2.07. The molecular weight excluding hydrogens is 386 g/mol. The lowest BCUT2D eigenvalue weighted by Crippen LogP contribution is -2.11. The van der Waals surface area contributed by atoms with Gasteiger partial charge in [-0.2, -0.15) is 0 Å². The van der Waals surface area contributed by atoms with Crippen LogP contribution < -0.4 is 10.6 Å². The van der Waals surface area contributed by atoms with Gasteiger partial charge in [-0.05, 0) is 66.7 Å². The van der Waals surface area contributed by atoms with E-state index in [1.165, 1.54) is 0 Å².